The van der Waals surface area contributed by atoms with Crippen LogP contribution in [0.15, 0.2) is 30.3 Å². The Morgan fingerprint density at radius 2 is 1.91 bits per heavy atom. The van der Waals surface area contributed by atoms with Crippen molar-refractivity contribution >= 4 is 11.6 Å². The molecule has 1 aliphatic rings. The summed E-state index contributed by atoms with van der Waals surface area (Å²) in [5.74, 6) is 1.00. The smallest absolute Gasteiger partial charge is 0.131 e. The second-order valence-corrected chi connectivity index (χ2v) is 7.15. The standard InChI is InChI=1S/C20H24ClNO/c1-12(2)22-11-17-9-15-8-16(21)10-18(20(15)23-17)19-13(3)6-5-7-14(19)4/h5-8,10,12,17,22H,9,11H2,1-4H3. The third-order valence-electron chi connectivity index (χ3n) is 4.37. The minimum atomic E-state index is 0.175. The highest BCUT2D eigenvalue weighted by atomic mass is 35.5. The second kappa shape index (κ2) is 6.54. The van der Waals surface area contributed by atoms with Gasteiger partial charge in [-0.1, -0.05) is 43.6 Å². The molecule has 1 N–H and O–H groups in total. The maximum Gasteiger partial charge on any atom is 0.131 e. The topological polar surface area (TPSA) is 21.3 Å². The number of halogens is 1. The molecule has 0 saturated carbocycles. The van der Waals surface area contributed by atoms with Crippen LogP contribution in [0.1, 0.15) is 30.5 Å². The fraction of sp³-hybridized carbons (Fsp3) is 0.400. The number of aryl methyl sites for hydroxylation is 2. The number of benzene rings is 2. The predicted molar refractivity (Wildman–Crippen MR) is 97.6 cm³/mol. The molecule has 0 bridgehead atoms. The summed E-state index contributed by atoms with van der Waals surface area (Å²) in [4.78, 5) is 0. The summed E-state index contributed by atoms with van der Waals surface area (Å²) in [5, 5.41) is 4.24. The van der Waals surface area contributed by atoms with Crippen LogP contribution in [0.3, 0.4) is 0 Å². The molecule has 0 radical (unpaired) electrons. The highest BCUT2D eigenvalue weighted by Gasteiger charge is 2.27. The molecular formula is C20H24ClNO. The first-order valence-electron chi connectivity index (χ1n) is 8.24. The number of ether oxygens (including phenoxy) is 1. The lowest BCUT2D eigenvalue weighted by Gasteiger charge is -2.17. The fourth-order valence-electron chi connectivity index (χ4n) is 3.30. The molecule has 0 aliphatic carbocycles. The van der Waals surface area contributed by atoms with Gasteiger partial charge in [0.2, 0.25) is 0 Å². The van der Waals surface area contributed by atoms with Crippen molar-refractivity contribution < 1.29 is 4.74 Å². The summed E-state index contributed by atoms with van der Waals surface area (Å²) in [6.45, 7) is 9.45. The van der Waals surface area contributed by atoms with Gasteiger partial charge in [-0.05, 0) is 48.2 Å². The molecule has 0 fully saturated rings. The highest BCUT2D eigenvalue weighted by molar-refractivity contribution is 6.31. The fourth-order valence-corrected chi connectivity index (χ4v) is 3.54. The van der Waals surface area contributed by atoms with Crippen LogP contribution in [0.25, 0.3) is 11.1 Å². The van der Waals surface area contributed by atoms with Crippen LogP contribution in [0.2, 0.25) is 5.02 Å². The number of fused-ring (bicyclic) bond motifs is 1. The molecule has 2 nitrogen and oxygen atoms in total. The number of hydrogen-bond acceptors (Lipinski definition) is 2. The van der Waals surface area contributed by atoms with Crippen molar-refractivity contribution in [2.75, 3.05) is 6.54 Å². The van der Waals surface area contributed by atoms with Gasteiger partial charge in [-0.2, -0.15) is 0 Å². The minimum absolute atomic E-state index is 0.175. The average Bonchev–Trinajstić information content (AvgIpc) is 2.87. The van der Waals surface area contributed by atoms with Gasteiger partial charge >= 0.3 is 0 Å². The molecule has 0 aromatic heterocycles. The van der Waals surface area contributed by atoms with Gasteiger partial charge in [-0.3, -0.25) is 0 Å². The molecular weight excluding hydrogens is 306 g/mol. The predicted octanol–water partition coefficient (Wildman–Crippen LogP) is 4.93. The van der Waals surface area contributed by atoms with Crippen LogP contribution in [0.5, 0.6) is 5.75 Å². The van der Waals surface area contributed by atoms with Crippen molar-refractivity contribution in [1.82, 2.24) is 5.32 Å². The molecule has 23 heavy (non-hydrogen) atoms. The molecule has 3 heteroatoms. The molecule has 2 aromatic carbocycles. The Balaban J connectivity index is 1.99. The Kier molecular flexibility index (Phi) is 4.65. The Hall–Kier alpha value is -1.51. The monoisotopic (exact) mass is 329 g/mol. The van der Waals surface area contributed by atoms with Crippen molar-refractivity contribution in [2.45, 2.75) is 46.3 Å². The molecule has 0 amide bonds. The average molecular weight is 330 g/mol. The van der Waals surface area contributed by atoms with Gasteiger partial charge in [-0.25, -0.2) is 0 Å². The van der Waals surface area contributed by atoms with Gasteiger partial charge in [-0.15, -0.1) is 0 Å². The summed E-state index contributed by atoms with van der Waals surface area (Å²) >= 11 is 6.39. The summed E-state index contributed by atoms with van der Waals surface area (Å²) < 4.78 is 6.29. The number of hydrogen-bond donors (Lipinski definition) is 1. The van der Waals surface area contributed by atoms with E-state index < -0.39 is 0 Å². The van der Waals surface area contributed by atoms with E-state index in [1.54, 1.807) is 0 Å². The third kappa shape index (κ3) is 3.39. The SMILES string of the molecule is Cc1cccc(C)c1-c1cc(Cl)cc2c1OC(CNC(C)C)C2. The van der Waals surface area contributed by atoms with Crippen molar-refractivity contribution in [2.24, 2.45) is 0 Å². The van der Waals surface area contributed by atoms with Gasteiger partial charge in [0.25, 0.3) is 0 Å². The Bertz CT molecular complexity index is 704. The van der Waals surface area contributed by atoms with Gasteiger partial charge in [0.05, 0.1) is 0 Å². The Labute approximate surface area is 143 Å². The van der Waals surface area contributed by atoms with E-state index in [4.69, 9.17) is 16.3 Å². The first-order chi connectivity index (χ1) is 11.0. The minimum Gasteiger partial charge on any atom is -0.488 e. The van der Waals surface area contributed by atoms with E-state index in [1.165, 1.54) is 22.3 Å². The number of rotatable bonds is 4. The molecule has 0 saturated heterocycles. The van der Waals surface area contributed by atoms with Crippen LogP contribution < -0.4 is 10.1 Å². The second-order valence-electron chi connectivity index (χ2n) is 6.72. The summed E-state index contributed by atoms with van der Waals surface area (Å²) in [5.41, 5.74) is 6.08. The van der Waals surface area contributed by atoms with Gasteiger partial charge in [0.15, 0.2) is 0 Å². The van der Waals surface area contributed by atoms with E-state index in [-0.39, 0.29) is 6.10 Å². The molecule has 1 unspecified atom stereocenters. The van der Waals surface area contributed by atoms with E-state index in [2.05, 4.69) is 51.2 Å². The molecule has 0 spiro atoms. The first-order valence-corrected chi connectivity index (χ1v) is 8.62. The maximum atomic E-state index is 6.39. The molecule has 1 atom stereocenters. The summed E-state index contributed by atoms with van der Waals surface area (Å²) in [6.07, 6.45) is 1.09. The normalized spacial score (nSPS) is 16.5. The van der Waals surface area contributed by atoms with Crippen LogP contribution in [-0.4, -0.2) is 18.7 Å². The molecule has 1 aliphatic heterocycles. The van der Waals surface area contributed by atoms with Crippen LogP contribution >= 0.6 is 11.6 Å². The molecule has 3 rings (SSSR count). The van der Waals surface area contributed by atoms with Gasteiger partial charge in [0.1, 0.15) is 11.9 Å². The third-order valence-corrected chi connectivity index (χ3v) is 4.59. The van der Waals surface area contributed by atoms with Gasteiger partial charge in [0, 0.05) is 29.6 Å². The summed E-state index contributed by atoms with van der Waals surface area (Å²) in [7, 11) is 0. The Morgan fingerprint density at radius 3 is 2.57 bits per heavy atom. The highest BCUT2D eigenvalue weighted by Crippen LogP contribution is 2.43. The molecule has 2 aromatic rings. The maximum absolute atomic E-state index is 6.39. The van der Waals surface area contributed by atoms with Gasteiger partial charge < -0.3 is 10.1 Å². The lowest BCUT2D eigenvalue weighted by molar-refractivity contribution is 0.224. The lowest BCUT2D eigenvalue weighted by atomic mass is 9.93. The van der Waals surface area contributed by atoms with Crippen molar-refractivity contribution in [1.29, 1.82) is 0 Å². The van der Waals surface area contributed by atoms with E-state index in [0.717, 1.165) is 29.3 Å². The lowest BCUT2D eigenvalue weighted by Crippen LogP contribution is -2.34. The quantitative estimate of drug-likeness (QED) is 0.859. The van der Waals surface area contributed by atoms with E-state index in [1.807, 2.05) is 12.1 Å². The zero-order valence-electron chi connectivity index (χ0n) is 14.2. The Morgan fingerprint density at radius 1 is 1.22 bits per heavy atom. The summed E-state index contributed by atoms with van der Waals surface area (Å²) in [6, 6.07) is 10.9. The number of nitrogens with one attached hydrogen (secondary N) is 1. The van der Waals surface area contributed by atoms with Crippen LogP contribution in [0.4, 0.5) is 0 Å². The van der Waals surface area contributed by atoms with E-state index >= 15 is 0 Å². The van der Waals surface area contributed by atoms with Crippen molar-refractivity contribution in [3.8, 4) is 16.9 Å². The van der Waals surface area contributed by atoms with Crippen LogP contribution in [-0.2, 0) is 6.42 Å². The van der Waals surface area contributed by atoms with E-state index in [0.29, 0.717) is 6.04 Å². The zero-order valence-corrected chi connectivity index (χ0v) is 15.0. The van der Waals surface area contributed by atoms with Crippen molar-refractivity contribution in [3.63, 3.8) is 0 Å². The first kappa shape index (κ1) is 16.4. The largest absolute Gasteiger partial charge is 0.488 e. The zero-order chi connectivity index (χ0) is 16.6. The van der Waals surface area contributed by atoms with Crippen LogP contribution in [0, 0.1) is 13.8 Å². The van der Waals surface area contributed by atoms with Crippen molar-refractivity contribution in [3.05, 3.63) is 52.0 Å². The molecule has 122 valence electrons. The molecule has 1 heterocycles. The van der Waals surface area contributed by atoms with E-state index in [9.17, 15) is 0 Å².